The van der Waals surface area contributed by atoms with Crippen molar-refractivity contribution in [1.82, 2.24) is 4.98 Å². The van der Waals surface area contributed by atoms with E-state index in [-0.39, 0.29) is 23.7 Å². The quantitative estimate of drug-likeness (QED) is 0.609. The van der Waals surface area contributed by atoms with Gasteiger partial charge in [0, 0.05) is 18.0 Å². The number of halogens is 3. The maximum atomic E-state index is 12.3. The van der Waals surface area contributed by atoms with Crippen LogP contribution in [-0.2, 0) is 9.53 Å². The molecule has 3 rings (SSSR count). The lowest BCUT2D eigenvalue weighted by molar-refractivity contribution is -0.193. The molecule has 0 bridgehead atoms. The van der Waals surface area contributed by atoms with Gasteiger partial charge in [0.15, 0.2) is 17.6 Å². The molecular weight excluding hydrogens is 397 g/mol. The predicted octanol–water partition coefficient (Wildman–Crippen LogP) is 2.25. The first-order chi connectivity index (χ1) is 13.6. The standard InChI is InChI=1S/C18H13F3N2O6/c1-8-10(5-23-6-11(8)15(22)24)13-7-27-14-9(3-2-4-12(14)28-13)16(25)29-17(26)18(19,20)21/h2-6,13H,7H2,1H3,(H2,22,24). The maximum absolute atomic E-state index is 12.3. The third-order valence-electron chi connectivity index (χ3n) is 4.13. The van der Waals surface area contributed by atoms with Crippen LogP contribution >= 0.6 is 0 Å². The highest BCUT2D eigenvalue weighted by molar-refractivity contribution is 6.00. The molecule has 0 spiro atoms. The number of nitrogens with two attached hydrogens (primary N) is 1. The van der Waals surface area contributed by atoms with E-state index >= 15 is 0 Å². The highest BCUT2D eigenvalue weighted by atomic mass is 19.4. The van der Waals surface area contributed by atoms with Crippen molar-refractivity contribution < 1.29 is 41.8 Å². The zero-order valence-electron chi connectivity index (χ0n) is 14.8. The molecule has 29 heavy (non-hydrogen) atoms. The second-order valence-electron chi connectivity index (χ2n) is 5.99. The van der Waals surface area contributed by atoms with Crippen molar-refractivity contribution in [3.63, 3.8) is 0 Å². The van der Waals surface area contributed by atoms with Gasteiger partial charge in [-0.15, -0.1) is 0 Å². The van der Waals surface area contributed by atoms with E-state index in [1.54, 1.807) is 6.92 Å². The Morgan fingerprint density at radius 3 is 2.59 bits per heavy atom. The summed E-state index contributed by atoms with van der Waals surface area (Å²) < 4.78 is 52.0. The van der Waals surface area contributed by atoms with Crippen molar-refractivity contribution >= 4 is 17.8 Å². The maximum Gasteiger partial charge on any atom is 0.491 e. The lowest BCUT2D eigenvalue weighted by atomic mass is 10.0. The Bertz CT molecular complexity index is 1010. The van der Waals surface area contributed by atoms with Crippen molar-refractivity contribution in [1.29, 1.82) is 0 Å². The molecule has 0 aliphatic carbocycles. The first-order valence-electron chi connectivity index (χ1n) is 8.09. The Morgan fingerprint density at radius 2 is 1.93 bits per heavy atom. The van der Waals surface area contributed by atoms with Crippen LogP contribution in [0.2, 0.25) is 0 Å². The molecule has 1 aromatic carbocycles. The Hall–Kier alpha value is -3.63. The minimum Gasteiger partial charge on any atom is -0.485 e. The van der Waals surface area contributed by atoms with Crippen molar-refractivity contribution in [2.45, 2.75) is 19.2 Å². The number of nitrogens with zero attached hydrogens (tertiary/aromatic N) is 1. The fourth-order valence-electron chi connectivity index (χ4n) is 2.73. The van der Waals surface area contributed by atoms with E-state index in [0.717, 1.165) is 6.07 Å². The van der Waals surface area contributed by atoms with Crippen LogP contribution in [0.15, 0.2) is 30.6 Å². The lowest BCUT2D eigenvalue weighted by Gasteiger charge is -2.28. The van der Waals surface area contributed by atoms with Crippen molar-refractivity contribution in [3.05, 3.63) is 52.8 Å². The minimum atomic E-state index is -5.32. The number of pyridine rings is 1. The van der Waals surface area contributed by atoms with Gasteiger partial charge >= 0.3 is 18.1 Å². The SMILES string of the molecule is Cc1c(C(N)=O)cncc1C1COc2c(cccc2C(=O)OC(=O)C(F)(F)F)O1. The molecule has 0 radical (unpaired) electrons. The van der Waals surface area contributed by atoms with Gasteiger partial charge in [0.25, 0.3) is 5.91 Å². The van der Waals surface area contributed by atoms with E-state index in [2.05, 4.69) is 9.72 Å². The van der Waals surface area contributed by atoms with Gasteiger partial charge in [0.05, 0.1) is 5.56 Å². The highest BCUT2D eigenvalue weighted by Crippen LogP contribution is 2.40. The summed E-state index contributed by atoms with van der Waals surface area (Å²) in [5.74, 6) is -4.97. The molecule has 2 heterocycles. The van der Waals surface area contributed by atoms with Crippen LogP contribution in [0, 0.1) is 6.92 Å². The van der Waals surface area contributed by atoms with Crippen LogP contribution in [0.25, 0.3) is 0 Å². The third kappa shape index (κ3) is 3.98. The summed E-state index contributed by atoms with van der Waals surface area (Å²) in [7, 11) is 0. The Morgan fingerprint density at radius 1 is 1.21 bits per heavy atom. The summed E-state index contributed by atoms with van der Waals surface area (Å²) in [6, 6.07) is 3.88. The summed E-state index contributed by atoms with van der Waals surface area (Å²) in [6.45, 7) is 1.50. The number of alkyl halides is 3. The third-order valence-corrected chi connectivity index (χ3v) is 4.13. The smallest absolute Gasteiger partial charge is 0.485 e. The number of primary amides is 1. The van der Waals surface area contributed by atoms with E-state index in [1.165, 1.54) is 24.5 Å². The van der Waals surface area contributed by atoms with Crippen LogP contribution in [0.5, 0.6) is 11.5 Å². The monoisotopic (exact) mass is 410 g/mol. The van der Waals surface area contributed by atoms with Gasteiger partial charge in [0.2, 0.25) is 0 Å². The first kappa shape index (κ1) is 20.1. The molecule has 1 aliphatic rings. The number of carbonyl (C=O) groups is 3. The number of hydrogen-bond acceptors (Lipinski definition) is 7. The van der Waals surface area contributed by atoms with Crippen LogP contribution < -0.4 is 15.2 Å². The van der Waals surface area contributed by atoms with Crippen molar-refractivity contribution in [2.24, 2.45) is 5.73 Å². The van der Waals surface area contributed by atoms with E-state index in [4.69, 9.17) is 15.2 Å². The molecular formula is C18H13F3N2O6. The van der Waals surface area contributed by atoms with Crippen LogP contribution in [0.4, 0.5) is 13.2 Å². The number of benzene rings is 1. The minimum absolute atomic E-state index is 0.0408. The number of fused-ring (bicyclic) bond motifs is 1. The van der Waals surface area contributed by atoms with Gasteiger partial charge in [-0.3, -0.25) is 9.78 Å². The lowest BCUT2D eigenvalue weighted by Crippen LogP contribution is -2.29. The van der Waals surface area contributed by atoms with Gasteiger partial charge in [-0.2, -0.15) is 13.2 Å². The molecule has 1 unspecified atom stereocenters. The Labute approximate surface area is 161 Å². The number of ether oxygens (including phenoxy) is 3. The van der Waals surface area contributed by atoms with Crippen LogP contribution in [0.1, 0.15) is 37.9 Å². The number of aromatic nitrogens is 1. The van der Waals surface area contributed by atoms with Gasteiger partial charge in [-0.25, -0.2) is 9.59 Å². The van der Waals surface area contributed by atoms with E-state index in [0.29, 0.717) is 11.1 Å². The molecule has 11 heteroatoms. The predicted molar refractivity (Wildman–Crippen MR) is 89.3 cm³/mol. The zero-order chi connectivity index (χ0) is 21.3. The second-order valence-corrected chi connectivity index (χ2v) is 5.99. The summed E-state index contributed by atoms with van der Waals surface area (Å²) in [5, 5.41) is 0. The average Bonchev–Trinajstić information content (AvgIpc) is 2.66. The molecule has 8 nitrogen and oxygen atoms in total. The van der Waals surface area contributed by atoms with E-state index in [9.17, 15) is 27.6 Å². The fourth-order valence-corrected chi connectivity index (χ4v) is 2.73. The number of rotatable bonds is 3. The van der Waals surface area contributed by atoms with Crippen LogP contribution in [0.3, 0.4) is 0 Å². The number of carbonyl (C=O) groups excluding carboxylic acids is 3. The average molecular weight is 410 g/mol. The van der Waals surface area contributed by atoms with Crippen molar-refractivity contribution in [3.8, 4) is 11.5 Å². The molecule has 0 saturated carbocycles. The fraction of sp³-hybridized carbons (Fsp3) is 0.222. The number of esters is 2. The first-order valence-corrected chi connectivity index (χ1v) is 8.09. The normalized spacial score (nSPS) is 15.5. The molecule has 152 valence electrons. The number of hydrogen-bond donors (Lipinski definition) is 1. The van der Waals surface area contributed by atoms with E-state index < -0.39 is 35.7 Å². The van der Waals surface area contributed by atoms with Crippen LogP contribution in [-0.4, -0.2) is 35.6 Å². The van der Waals surface area contributed by atoms with E-state index in [1.807, 2.05) is 0 Å². The Balaban J connectivity index is 1.87. The molecule has 1 aromatic heterocycles. The molecule has 1 amide bonds. The topological polar surface area (TPSA) is 118 Å². The summed E-state index contributed by atoms with van der Waals surface area (Å²) >= 11 is 0. The molecule has 2 aromatic rings. The van der Waals surface area contributed by atoms with Gasteiger partial charge in [0.1, 0.15) is 12.2 Å². The number of para-hydroxylation sites is 1. The van der Waals surface area contributed by atoms with Gasteiger partial charge < -0.3 is 19.9 Å². The van der Waals surface area contributed by atoms with Gasteiger partial charge in [-0.1, -0.05) is 6.07 Å². The summed E-state index contributed by atoms with van der Waals surface area (Å²) in [4.78, 5) is 38.3. The largest absolute Gasteiger partial charge is 0.491 e. The highest BCUT2D eigenvalue weighted by Gasteiger charge is 2.43. The molecule has 0 fully saturated rings. The number of amides is 1. The second kappa shape index (κ2) is 7.41. The zero-order valence-corrected chi connectivity index (χ0v) is 14.8. The van der Waals surface area contributed by atoms with Gasteiger partial charge in [-0.05, 0) is 24.6 Å². The molecule has 1 aliphatic heterocycles. The molecule has 0 saturated heterocycles. The summed E-state index contributed by atoms with van der Waals surface area (Å²) in [5.41, 5.74) is 6.12. The Kier molecular flexibility index (Phi) is 5.14. The van der Waals surface area contributed by atoms with Crippen molar-refractivity contribution in [2.75, 3.05) is 6.61 Å². The molecule has 2 N–H and O–H groups in total. The molecule has 1 atom stereocenters. The summed E-state index contributed by atoms with van der Waals surface area (Å²) in [6.07, 6.45) is -3.27.